The van der Waals surface area contributed by atoms with Crippen molar-refractivity contribution in [3.05, 3.63) is 6.10 Å². The molecule has 0 saturated heterocycles. The lowest BCUT2D eigenvalue weighted by molar-refractivity contribution is -0.179. The van der Waals surface area contributed by atoms with Crippen molar-refractivity contribution in [3.8, 4) is 0 Å². The number of alkyl halides is 3. The first-order valence-corrected chi connectivity index (χ1v) is 3.52. The second-order valence-electron chi connectivity index (χ2n) is 2.66. The zero-order valence-electron chi connectivity index (χ0n) is 6.24. The van der Waals surface area contributed by atoms with Crippen LogP contribution in [-0.2, 0) is 4.74 Å². The van der Waals surface area contributed by atoms with Gasteiger partial charge in [-0.15, -0.1) is 0 Å². The van der Waals surface area contributed by atoms with Crippen LogP contribution in [0, 0.1) is 12.0 Å². The van der Waals surface area contributed by atoms with E-state index in [9.17, 15) is 13.2 Å². The van der Waals surface area contributed by atoms with Gasteiger partial charge < -0.3 is 4.74 Å². The number of ether oxygens (including phenoxy) is 1. The fourth-order valence-electron chi connectivity index (χ4n) is 1.41. The minimum Gasteiger partial charge on any atom is -0.375 e. The van der Waals surface area contributed by atoms with Gasteiger partial charge in [0.05, 0.1) is 5.92 Å². The monoisotopic (exact) mass is 167 g/mol. The Morgan fingerprint density at radius 3 is 2.45 bits per heavy atom. The first kappa shape index (κ1) is 8.84. The molecule has 0 aromatic heterocycles. The highest BCUT2D eigenvalue weighted by molar-refractivity contribution is 4.96. The van der Waals surface area contributed by atoms with Crippen LogP contribution < -0.4 is 0 Å². The summed E-state index contributed by atoms with van der Waals surface area (Å²) in [6, 6.07) is 0. The number of hydrogen-bond donors (Lipinski definition) is 0. The highest BCUT2D eigenvalue weighted by atomic mass is 19.4. The van der Waals surface area contributed by atoms with E-state index < -0.39 is 12.1 Å². The van der Waals surface area contributed by atoms with E-state index >= 15 is 0 Å². The quantitative estimate of drug-likeness (QED) is 0.583. The molecule has 1 aliphatic carbocycles. The van der Waals surface area contributed by atoms with Crippen LogP contribution in [0.5, 0.6) is 0 Å². The van der Waals surface area contributed by atoms with Crippen LogP contribution in [-0.4, -0.2) is 13.3 Å². The molecule has 1 atom stereocenters. The van der Waals surface area contributed by atoms with Gasteiger partial charge in [0.15, 0.2) is 0 Å². The number of halogens is 3. The molecule has 11 heavy (non-hydrogen) atoms. The van der Waals surface area contributed by atoms with Crippen LogP contribution in [0.1, 0.15) is 19.3 Å². The van der Waals surface area contributed by atoms with Crippen molar-refractivity contribution in [2.45, 2.75) is 25.4 Å². The summed E-state index contributed by atoms with van der Waals surface area (Å²) >= 11 is 0. The molecule has 0 aromatic rings. The first-order chi connectivity index (χ1) is 5.05. The third-order valence-corrected chi connectivity index (χ3v) is 1.96. The lowest BCUT2D eigenvalue weighted by atomic mass is 10.1. The van der Waals surface area contributed by atoms with Crippen LogP contribution in [0.4, 0.5) is 13.2 Å². The van der Waals surface area contributed by atoms with E-state index in [-0.39, 0.29) is 12.5 Å². The maximum Gasteiger partial charge on any atom is 0.394 e. The number of hydrogen-bond acceptors (Lipinski definition) is 1. The van der Waals surface area contributed by atoms with Gasteiger partial charge in [0.1, 0.15) is 6.10 Å². The Bertz CT molecular complexity index is 132. The molecule has 0 spiro atoms. The van der Waals surface area contributed by atoms with Crippen molar-refractivity contribution in [3.63, 3.8) is 0 Å². The summed E-state index contributed by atoms with van der Waals surface area (Å²) in [5.74, 6) is -1.31. The highest BCUT2D eigenvalue weighted by Crippen LogP contribution is 2.44. The molecular weight excluding hydrogens is 157 g/mol. The lowest BCUT2D eigenvalue weighted by Crippen LogP contribution is -2.25. The van der Waals surface area contributed by atoms with Crippen molar-refractivity contribution >= 4 is 0 Å². The summed E-state index contributed by atoms with van der Waals surface area (Å²) < 4.78 is 40.9. The molecule has 0 bridgehead atoms. The molecule has 1 nitrogen and oxygen atoms in total. The average Bonchev–Trinajstić information content (AvgIpc) is 2.31. The Morgan fingerprint density at radius 2 is 2.09 bits per heavy atom. The van der Waals surface area contributed by atoms with Crippen molar-refractivity contribution in [2.75, 3.05) is 7.11 Å². The first-order valence-electron chi connectivity index (χ1n) is 3.52. The van der Waals surface area contributed by atoms with Gasteiger partial charge >= 0.3 is 6.18 Å². The van der Waals surface area contributed by atoms with Gasteiger partial charge in [-0.2, -0.15) is 13.2 Å². The van der Waals surface area contributed by atoms with Crippen LogP contribution in [0.2, 0.25) is 0 Å². The van der Waals surface area contributed by atoms with Crippen molar-refractivity contribution in [1.29, 1.82) is 0 Å². The largest absolute Gasteiger partial charge is 0.394 e. The highest BCUT2D eigenvalue weighted by Gasteiger charge is 2.47. The second-order valence-corrected chi connectivity index (χ2v) is 2.66. The van der Waals surface area contributed by atoms with E-state index in [1.54, 1.807) is 0 Å². The minimum absolute atomic E-state index is 0.187. The van der Waals surface area contributed by atoms with Gasteiger partial charge in [0, 0.05) is 7.11 Å². The van der Waals surface area contributed by atoms with E-state index in [0.29, 0.717) is 12.8 Å². The summed E-state index contributed by atoms with van der Waals surface area (Å²) in [5.41, 5.74) is 0. The summed E-state index contributed by atoms with van der Waals surface area (Å²) in [7, 11) is 1.30. The zero-order valence-corrected chi connectivity index (χ0v) is 6.24. The molecule has 0 amide bonds. The van der Waals surface area contributed by atoms with Crippen LogP contribution in [0.3, 0.4) is 0 Å². The van der Waals surface area contributed by atoms with Gasteiger partial charge in [-0.05, 0) is 19.3 Å². The molecule has 4 heteroatoms. The topological polar surface area (TPSA) is 9.23 Å². The minimum atomic E-state index is -4.11. The van der Waals surface area contributed by atoms with Crippen molar-refractivity contribution in [1.82, 2.24) is 0 Å². The third-order valence-electron chi connectivity index (χ3n) is 1.96. The van der Waals surface area contributed by atoms with E-state index in [0.717, 1.165) is 0 Å². The summed E-state index contributed by atoms with van der Waals surface area (Å²) in [4.78, 5) is 0. The number of methoxy groups -OCH3 is 1. The fraction of sp³-hybridized carbons (Fsp3) is 0.857. The predicted molar refractivity (Wildman–Crippen MR) is 33.6 cm³/mol. The normalized spacial score (nSPS) is 27.8. The average molecular weight is 167 g/mol. The second kappa shape index (κ2) is 3.01. The third kappa shape index (κ3) is 1.86. The molecule has 1 saturated carbocycles. The molecule has 0 heterocycles. The van der Waals surface area contributed by atoms with Gasteiger partial charge in [-0.25, -0.2) is 0 Å². The molecule has 1 aliphatic rings. The fourth-order valence-corrected chi connectivity index (χ4v) is 1.41. The molecule has 1 radical (unpaired) electrons. The summed E-state index contributed by atoms with van der Waals surface area (Å²) in [6.07, 6.45) is -2.68. The van der Waals surface area contributed by atoms with Crippen LogP contribution in [0.25, 0.3) is 0 Å². The van der Waals surface area contributed by atoms with E-state index in [1.807, 2.05) is 0 Å². The Kier molecular flexibility index (Phi) is 2.42. The van der Waals surface area contributed by atoms with Crippen LogP contribution >= 0.6 is 0 Å². The van der Waals surface area contributed by atoms with E-state index in [2.05, 4.69) is 4.74 Å². The molecule has 0 N–H and O–H groups in total. The van der Waals surface area contributed by atoms with Gasteiger partial charge in [-0.3, -0.25) is 0 Å². The molecule has 0 aromatic carbocycles. The molecular formula is C7H10F3O. The molecule has 1 rings (SSSR count). The molecule has 1 fully saturated rings. The molecule has 0 aliphatic heterocycles. The Labute approximate surface area is 63.5 Å². The number of rotatable bonds is 1. The van der Waals surface area contributed by atoms with Gasteiger partial charge in [0.25, 0.3) is 0 Å². The smallest absolute Gasteiger partial charge is 0.375 e. The maximum absolute atomic E-state index is 12.1. The molecule has 65 valence electrons. The molecule has 1 unspecified atom stereocenters. The van der Waals surface area contributed by atoms with Crippen molar-refractivity contribution in [2.24, 2.45) is 5.92 Å². The lowest BCUT2D eigenvalue weighted by Gasteiger charge is -2.19. The van der Waals surface area contributed by atoms with E-state index in [1.165, 1.54) is 7.11 Å². The summed E-state index contributed by atoms with van der Waals surface area (Å²) in [5, 5.41) is 0. The Balaban J connectivity index is 2.57. The van der Waals surface area contributed by atoms with Crippen LogP contribution in [0.15, 0.2) is 0 Å². The predicted octanol–water partition coefficient (Wildman–Crippen LogP) is 2.53. The standard InChI is InChI=1S/C7H10F3O/c1-11-6-4-2-3-5(6)7(8,9)10/h5H,2-4H2,1H3. The maximum atomic E-state index is 12.1. The Morgan fingerprint density at radius 1 is 1.45 bits per heavy atom. The SMILES string of the molecule is CO[C]1CCCC1C(F)(F)F. The van der Waals surface area contributed by atoms with Gasteiger partial charge in [0.2, 0.25) is 0 Å². The van der Waals surface area contributed by atoms with Gasteiger partial charge in [-0.1, -0.05) is 0 Å². The summed E-state index contributed by atoms with van der Waals surface area (Å²) in [6.45, 7) is 0. The van der Waals surface area contributed by atoms with Crippen molar-refractivity contribution < 1.29 is 17.9 Å². The Hall–Kier alpha value is -0.250. The van der Waals surface area contributed by atoms with E-state index in [4.69, 9.17) is 0 Å². The zero-order chi connectivity index (χ0) is 8.48.